The van der Waals surface area contributed by atoms with E-state index >= 15 is 0 Å². The van der Waals surface area contributed by atoms with Crippen LogP contribution in [0.1, 0.15) is 22.6 Å². The normalized spacial score (nSPS) is 13.5. The summed E-state index contributed by atoms with van der Waals surface area (Å²) in [6.07, 6.45) is 0.309. The first-order chi connectivity index (χ1) is 13.6. The van der Waals surface area contributed by atoms with Crippen molar-refractivity contribution in [3.05, 3.63) is 95.6 Å². The third-order valence-corrected chi connectivity index (χ3v) is 5.18. The van der Waals surface area contributed by atoms with Gasteiger partial charge in [0.15, 0.2) is 0 Å². The second-order valence-corrected chi connectivity index (χ2v) is 6.99. The molecule has 1 aliphatic rings. The zero-order valence-corrected chi connectivity index (χ0v) is 15.4. The number of rotatable bonds is 6. The Morgan fingerprint density at radius 2 is 1.36 bits per heavy atom. The molecule has 2 N–H and O–H groups in total. The molecular formula is C24H21NO3. The van der Waals surface area contributed by atoms with Gasteiger partial charge in [0, 0.05) is 5.92 Å². The second-order valence-electron chi connectivity index (χ2n) is 6.99. The van der Waals surface area contributed by atoms with Crippen LogP contribution in [0.25, 0.3) is 11.1 Å². The molecule has 4 nitrogen and oxygen atoms in total. The van der Waals surface area contributed by atoms with Gasteiger partial charge in [-0.25, -0.2) is 4.79 Å². The highest BCUT2D eigenvalue weighted by Crippen LogP contribution is 2.44. The summed E-state index contributed by atoms with van der Waals surface area (Å²) in [6.45, 7) is 0.122. The minimum atomic E-state index is -0.905. The van der Waals surface area contributed by atoms with Crippen LogP contribution in [0.4, 0.5) is 0 Å². The lowest BCUT2D eigenvalue weighted by atomic mass is 9.98. The number of ketones is 1. The molecule has 0 amide bonds. The highest BCUT2D eigenvalue weighted by Gasteiger charge is 2.31. The van der Waals surface area contributed by atoms with E-state index in [1.807, 2.05) is 66.7 Å². The van der Waals surface area contributed by atoms with Crippen LogP contribution in [0.5, 0.6) is 0 Å². The molecule has 4 rings (SSSR count). The lowest BCUT2D eigenvalue weighted by Crippen LogP contribution is -2.39. The Morgan fingerprint density at radius 3 is 1.96 bits per heavy atom. The number of hydrogen-bond acceptors (Lipinski definition) is 4. The van der Waals surface area contributed by atoms with E-state index < -0.39 is 17.8 Å². The fourth-order valence-electron chi connectivity index (χ4n) is 3.78. The van der Waals surface area contributed by atoms with Crippen LogP contribution in [0.2, 0.25) is 0 Å². The summed E-state index contributed by atoms with van der Waals surface area (Å²) in [4.78, 5) is 24.6. The fourth-order valence-corrected chi connectivity index (χ4v) is 3.78. The summed E-state index contributed by atoms with van der Waals surface area (Å²) >= 11 is 0. The van der Waals surface area contributed by atoms with Crippen molar-refractivity contribution in [1.82, 2.24) is 0 Å². The van der Waals surface area contributed by atoms with Crippen molar-refractivity contribution in [2.45, 2.75) is 18.4 Å². The molecule has 28 heavy (non-hydrogen) atoms. The van der Waals surface area contributed by atoms with Crippen LogP contribution in [0.3, 0.4) is 0 Å². The average Bonchev–Trinajstić information content (AvgIpc) is 3.06. The zero-order valence-electron chi connectivity index (χ0n) is 15.4. The summed E-state index contributed by atoms with van der Waals surface area (Å²) in [7, 11) is 0. The molecule has 1 aliphatic carbocycles. The summed E-state index contributed by atoms with van der Waals surface area (Å²) in [5.74, 6) is -1.64. The van der Waals surface area contributed by atoms with E-state index in [4.69, 9.17) is 10.5 Å². The van der Waals surface area contributed by atoms with Gasteiger partial charge in [-0.1, -0.05) is 78.9 Å². The molecule has 0 saturated carbocycles. The predicted molar refractivity (Wildman–Crippen MR) is 108 cm³/mol. The molecule has 4 heteroatoms. The summed E-state index contributed by atoms with van der Waals surface area (Å²) in [5.41, 5.74) is 11.4. The first-order valence-electron chi connectivity index (χ1n) is 9.34. The second kappa shape index (κ2) is 7.79. The number of nitrogens with two attached hydrogens (primary N) is 1. The van der Waals surface area contributed by atoms with Crippen molar-refractivity contribution in [1.29, 1.82) is 0 Å². The molecule has 0 bridgehead atoms. The Kier molecular flexibility index (Phi) is 5.04. The minimum Gasteiger partial charge on any atom is -0.459 e. The van der Waals surface area contributed by atoms with Crippen molar-refractivity contribution in [2.24, 2.45) is 5.73 Å². The Labute approximate surface area is 164 Å². The van der Waals surface area contributed by atoms with Crippen molar-refractivity contribution >= 4 is 11.8 Å². The van der Waals surface area contributed by atoms with Gasteiger partial charge in [0.2, 0.25) is 0 Å². The first-order valence-corrected chi connectivity index (χ1v) is 9.34. The Bertz CT molecular complexity index is 968. The zero-order chi connectivity index (χ0) is 19.5. The van der Waals surface area contributed by atoms with E-state index in [0.717, 1.165) is 27.8 Å². The number of carbonyl (C=O) groups is 2. The lowest BCUT2D eigenvalue weighted by Gasteiger charge is -2.15. The lowest BCUT2D eigenvalue weighted by molar-refractivity contribution is -0.154. The molecule has 0 unspecified atom stereocenters. The Balaban J connectivity index is 1.44. The standard InChI is InChI=1S/C24H21NO3/c25-22(14-16-8-2-1-3-9-16)23(26)24(27)28-15-21-19-12-6-4-10-17(19)18-11-5-7-13-20(18)21/h1-13,21-22H,14-15,25H2/t22-/m0/s1. The van der Waals surface area contributed by atoms with E-state index in [1.165, 1.54) is 0 Å². The van der Waals surface area contributed by atoms with Gasteiger partial charge in [-0.05, 0) is 34.2 Å². The van der Waals surface area contributed by atoms with Gasteiger partial charge in [0.1, 0.15) is 6.61 Å². The smallest absolute Gasteiger partial charge is 0.376 e. The van der Waals surface area contributed by atoms with Crippen LogP contribution in [0.15, 0.2) is 78.9 Å². The molecular weight excluding hydrogens is 350 g/mol. The monoisotopic (exact) mass is 371 g/mol. The number of benzene rings is 3. The third kappa shape index (κ3) is 3.47. The molecule has 1 atom stereocenters. The van der Waals surface area contributed by atoms with E-state index in [-0.39, 0.29) is 12.5 Å². The minimum absolute atomic E-state index is 0.0745. The van der Waals surface area contributed by atoms with Gasteiger partial charge in [-0.15, -0.1) is 0 Å². The molecule has 0 heterocycles. The quantitative estimate of drug-likeness (QED) is 0.532. The van der Waals surface area contributed by atoms with E-state index in [0.29, 0.717) is 6.42 Å². The molecule has 0 aromatic heterocycles. The van der Waals surface area contributed by atoms with Crippen LogP contribution in [-0.4, -0.2) is 24.4 Å². The third-order valence-electron chi connectivity index (χ3n) is 5.18. The molecule has 0 fully saturated rings. The topological polar surface area (TPSA) is 69.4 Å². The molecule has 0 spiro atoms. The van der Waals surface area contributed by atoms with E-state index in [9.17, 15) is 9.59 Å². The maximum Gasteiger partial charge on any atom is 0.376 e. The molecule has 3 aromatic carbocycles. The van der Waals surface area contributed by atoms with Gasteiger partial charge in [-0.2, -0.15) is 0 Å². The number of hydrogen-bond donors (Lipinski definition) is 1. The van der Waals surface area contributed by atoms with Gasteiger partial charge in [-0.3, -0.25) is 4.79 Å². The van der Waals surface area contributed by atoms with Gasteiger partial charge in [0.25, 0.3) is 5.78 Å². The maximum atomic E-state index is 12.3. The Morgan fingerprint density at radius 1 is 0.821 bits per heavy atom. The van der Waals surface area contributed by atoms with Crippen LogP contribution >= 0.6 is 0 Å². The number of fused-ring (bicyclic) bond motifs is 3. The fraction of sp³-hybridized carbons (Fsp3) is 0.167. The van der Waals surface area contributed by atoms with Crippen LogP contribution in [0, 0.1) is 0 Å². The highest BCUT2D eigenvalue weighted by molar-refractivity contribution is 6.35. The van der Waals surface area contributed by atoms with Crippen LogP contribution < -0.4 is 5.73 Å². The van der Waals surface area contributed by atoms with Crippen molar-refractivity contribution in [2.75, 3.05) is 6.61 Å². The number of Topliss-reactive ketones (excluding diaryl/α,β-unsaturated/α-hetero) is 1. The van der Waals surface area contributed by atoms with Crippen molar-refractivity contribution in [3.8, 4) is 11.1 Å². The van der Waals surface area contributed by atoms with Crippen molar-refractivity contribution < 1.29 is 14.3 Å². The summed E-state index contributed by atoms with van der Waals surface area (Å²) in [5, 5.41) is 0. The number of esters is 1. The SMILES string of the molecule is N[C@@H](Cc1ccccc1)C(=O)C(=O)OCC1c2ccccc2-c2ccccc21. The number of carbonyl (C=O) groups excluding carboxylic acids is 2. The highest BCUT2D eigenvalue weighted by atomic mass is 16.5. The largest absolute Gasteiger partial charge is 0.459 e. The van der Waals surface area contributed by atoms with Gasteiger partial charge < -0.3 is 10.5 Å². The van der Waals surface area contributed by atoms with Crippen molar-refractivity contribution in [3.63, 3.8) is 0 Å². The van der Waals surface area contributed by atoms with E-state index in [2.05, 4.69) is 12.1 Å². The summed E-state index contributed by atoms with van der Waals surface area (Å²) < 4.78 is 5.39. The maximum absolute atomic E-state index is 12.3. The number of ether oxygens (including phenoxy) is 1. The summed E-state index contributed by atoms with van der Waals surface area (Å²) in [6, 6.07) is 24.6. The molecule has 0 saturated heterocycles. The first kappa shape index (κ1) is 18.1. The van der Waals surface area contributed by atoms with Gasteiger partial charge in [0.05, 0.1) is 6.04 Å². The average molecular weight is 371 g/mol. The Hall–Kier alpha value is -3.24. The van der Waals surface area contributed by atoms with E-state index in [1.54, 1.807) is 0 Å². The molecule has 0 radical (unpaired) electrons. The molecule has 0 aliphatic heterocycles. The molecule has 140 valence electrons. The predicted octanol–water partition coefficient (Wildman–Crippen LogP) is 3.48. The molecule has 3 aromatic rings. The van der Waals surface area contributed by atoms with Crippen LogP contribution in [-0.2, 0) is 20.7 Å². The van der Waals surface area contributed by atoms with Gasteiger partial charge >= 0.3 is 5.97 Å².